The molecule has 1 amide bonds. The Balaban J connectivity index is 0.00000243. The molecule has 8 nitrogen and oxygen atoms in total. The summed E-state index contributed by atoms with van der Waals surface area (Å²) < 4.78 is 8.13. The molecule has 2 unspecified atom stereocenters. The molecule has 3 rings (SSSR count). The van der Waals surface area contributed by atoms with Gasteiger partial charge in [0.15, 0.2) is 0 Å². The van der Waals surface area contributed by atoms with E-state index in [1.54, 1.807) is 28.3 Å². The number of ether oxygens (including phenoxy) is 1. The quantitative estimate of drug-likeness (QED) is 0.288. The number of nitrogens with zero attached hydrogens (tertiary/aromatic N) is 4. The average molecular weight is 641 g/mol. The Labute approximate surface area is 184 Å². The molecule has 2 heterocycles. The Bertz CT molecular complexity index is 803. The van der Waals surface area contributed by atoms with Crippen LogP contribution in [-0.2, 0) is 31.9 Å². The molecule has 26 heavy (non-hydrogen) atoms. The molecule has 0 saturated carbocycles. The number of hydrogen-bond donors (Lipinski definition) is 2. The Kier molecular flexibility index (Phi) is 8.37. The third-order valence-electron chi connectivity index (χ3n) is 3.65. The standard InChI is InChI=1S/C14H17N6O2S2Se.Au/c1-9(21)19-6-13(25)24-7-12(19)22-8-15-10-3-2-4-11(5-10)20-14(23)16-17-18-20;/h2-5,12-13,15H,6-8H2,1H3,(H,16,18,23);. The molecule has 1 saturated heterocycles. The molecule has 1 aromatic carbocycles. The topological polar surface area (TPSA) is 88.1 Å². The van der Waals surface area contributed by atoms with E-state index in [4.69, 9.17) is 17.0 Å². The molecule has 0 bridgehead atoms. The first-order valence-corrected chi connectivity index (χ1v) is 10.00. The van der Waals surface area contributed by atoms with Crippen molar-refractivity contribution in [3.05, 3.63) is 29.0 Å². The minimum atomic E-state index is -0.229. The van der Waals surface area contributed by atoms with E-state index in [9.17, 15) is 4.79 Å². The van der Waals surface area contributed by atoms with Gasteiger partial charge in [0.05, 0.1) is 0 Å². The predicted molar refractivity (Wildman–Crippen MR) is 99.3 cm³/mol. The second-order valence-electron chi connectivity index (χ2n) is 5.35. The summed E-state index contributed by atoms with van der Waals surface area (Å²) in [5.74, 6) is 0.766. The Hall–Kier alpha value is -0.650. The smallest absolute Gasteiger partial charge is 0 e. The van der Waals surface area contributed by atoms with E-state index in [0.717, 1.165) is 17.1 Å². The maximum Gasteiger partial charge on any atom is 0 e. The van der Waals surface area contributed by atoms with Gasteiger partial charge in [-0.05, 0) is 12.2 Å². The molecule has 2 N–H and O–H groups in total. The van der Waals surface area contributed by atoms with Crippen LogP contribution in [0.5, 0.6) is 0 Å². The second kappa shape index (κ2) is 10.0. The molecule has 0 spiro atoms. The van der Waals surface area contributed by atoms with Crippen molar-refractivity contribution in [2.75, 3.05) is 24.3 Å². The molecule has 1 aliphatic rings. The number of amides is 1. The normalized spacial score (nSPS) is 19.7. The Morgan fingerprint density at radius 1 is 1.58 bits per heavy atom. The fourth-order valence-electron chi connectivity index (χ4n) is 2.42. The molecule has 0 aliphatic carbocycles. The zero-order valence-electron chi connectivity index (χ0n) is 13.7. The fourth-order valence-corrected chi connectivity index (χ4v) is 4.36. The van der Waals surface area contributed by atoms with Crippen molar-refractivity contribution in [3.63, 3.8) is 0 Å². The van der Waals surface area contributed by atoms with Gasteiger partial charge < -0.3 is 0 Å². The molecule has 1 aliphatic heterocycles. The van der Waals surface area contributed by atoms with E-state index in [2.05, 4.69) is 36.9 Å². The number of nitrogens with one attached hydrogen (secondary N) is 2. The number of benzene rings is 1. The fraction of sp³-hybridized carbons (Fsp3) is 0.429. The van der Waals surface area contributed by atoms with Crippen molar-refractivity contribution >= 4 is 51.6 Å². The van der Waals surface area contributed by atoms with Crippen LogP contribution in [0.25, 0.3) is 5.69 Å². The number of hydrogen-bond acceptors (Lipinski definition) is 7. The van der Waals surface area contributed by atoms with Gasteiger partial charge in [-0.2, -0.15) is 0 Å². The van der Waals surface area contributed by atoms with Crippen LogP contribution in [0.2, 0.25) is 0 Å². The second-order valence-corrected chi connectivity index (χ2v) is 8.81. The van der Waals surface area contributed by atoms with Gasteiger partial charge in [0.25, 0.3) is 0 Å². The minimum Gasteiger partial charge on any atom is 0 e. The minimum absolute atomic E-state index is 0. The summed E-state index contributed by atoms with van der Waals surface area (Å²) in [6, 6.07) is 7.63. The van der Waals surface area contributed by atoms with E-state index in [1.807, 2.05) is 24.3 Å². The summed E-state index contributed by atoms with van der Waals surface area (Å²) in [5, 5.41) is 13.4. The van der Waals surface area contributed by atoms with Crippen molar-refractivity contribution < 1.29 is 31.9 Å². The average Bonchev–Trinajstić information content (AvgIpc) is 3.02. The van der Waals surface area contributed by atoms with Gasteiger partial charge in [0.2, 0.25) is 0 Å². The zero-order valence-corrected chi connectivity index (χ0v) is 19.2. The van der Waals surface area contributed by atoms with Gasteiger partial charge in [-0.25, -0.2) is 0 Å². The molecular weight excluding hydrogens is 624 g/mol. The van der Waals surface area contributed by atoms with E-state index in [-0.39, 0.29) is 34.5 Å². The summed E-state index contributed by atoms with van der Waals surface area (Å²) in [7, 11) is 0. The molecule has 2 atom stereocenters. The monoisotopic (exact) mass is 642 g/mol. The summed E-state index contributed by atoms with van der Waals surface area (Å²) in [6.07, 6.45) is -0.229. The maximum atomic E-state index is 11.8. The first-order valence-electron chi connectivity index (χ1n) is 7.55. The Morgan fingerprint density at radius 3 is 3.08 bits per heavy atom. The van der Waals surface area contributed by atoms with Gasteiger partial charge in [0, 0.05) is 22.4 Å². The molecule has 1 aromatic heterocycles. The van der Waals surface area contributed by atoms with Gasteiger partial charge in [0.1, 0.15) is 0 Å². The largest absolute Gasteiger partial charge is 0 e. The number of carbonyl (C=O) groups excluding carboxylic acids is 1. The van der Waals surface area contributed by atoms with Gasteiger partial charge >= 0.3 is 140 Å². The van der Waals surface area contributed by atoms with Crippen LogP contribution in [0.1, 0.15) is 6.92 Å². The van der Waals surface area contributed by atoms with Crippen LogP contribution < -0.4 is 5.32 Å². The van der Waals surface area contributed by atoms with E-state index in [1.165, 1.54) is 0 Å². The van der Waals surface area contributed by atoms with Crippen molar-refractivity contribution in [1.82, 2.24) is 25.1 Å². The van der Waals surface area contributed by atoms with Crippen LogP contribution >= 0.6 is 24.0 Å². The van der Waals surface area contributed by atoms with Crippen molar-refractivity contribution in [2.45, 2.75) is 17.3 Å². The zero-order chi connectivity index (χ0) is 17.8. The van der Waals surface area contributed by atoms with E-state index in [0.29, 0.717) is 22.2 Å². The molecule has 12 heteroatoms. The number of thioether (sulfide) groups is 1. The molecule has 1 fully saturated rings. The summed E-state index contributed by atoms with van der Waals surface area (Å²) >= 11 is 9.93. The van der Waals surface area contributed by atoms with Crippen LogP contribution in [0.3, 0.4) is 0 Å². The first-order chi connectivity index (χ1) is 12.0. The molecule has 2 aromatic rings. The number of aromatic nitrogens is 4. The SMILES string of the molecule is CC(=O)N1CC([Se])SCC1OCNc1cccc(-n2[nH]nnc2=S)c1.[Au]. The Morgan fingerprint density at radius 2 is 2.38 bits per heavy atom. The maximum absolute atomic E-state index is 11.8. The van der Waals surface area contributed by atoms with Gasteiger partial charge in [-0.15, -0.1) is 0 Å². The number of anilines is 1. The number of rotatable bonds is 5. The van der Waals surface area contributed by atoms with E-state index < -0.39 is 0 Å². The number of H-pyrrole nitrogens is 1. The predicted octanol–water partition coefficient (Wildman–Crippen LogP) is 1.12. The van der Waals surface area contributed by atoms with Crippen molar-refractivity contribution in [1.29, 1.82) is 0 Å². The van der Waals surface area contributed by atoms with Crippen molar-refractivity contribution in [2.24, 2.45) is 0 Å². The van der Waals surface area contributed by atoms with Crippen LogP contribution in [-0.4, -0.2) is 76.4 Å². The third-order valence-corrected chi connectivity index (χ3v) is 6.08. The number of tetrazole rings is 1. The van der Waals surface area contributed by atoms with Crippen LogP contribution in [0.4, 0.5) is 5.69 Å². The third kappa shape index (κ3) is 5.43. The molecule has 2 radical (unpaired) electrons. The summed E-state index contributed by atoms with van der Waals surface area (Å²) in [5.41, 5.74) is 1.69. The molecule has 144 valence electrons. The summed E-state index contributed by atoms with van der Waals surface area (Å²) in [4.78, 5) is 13.5. The number of aromatic amines is 1. The molecular formula is C14H17AuN6O2S2Se. The first kappa shape index (κ1) is 21.6. The van der Waals surface area contributed by atoms with E-state index >= 15 is 0 Å². The van der Waals surface area contributed by atoms with Crippen LogP contribution in [0.15, 0.2) is 24.3 Å². The van der Waals surface area contributed by atoms with Gasteiger partial charge in [-0.3, -0.25) is 0 Å². The number of carbonyl (C=O) groups is 1. The van der Waals surface area contributed by atoms with Gasteiger partial charge in [-0.1, -0.05) is 10.3 Å². The van der Waals surface area contributed by atoms with Crippen molar-refractivity contribution in [3.8, 4) is 5.69 Å². The van der Waals surface area contributed by atoms with Crippen LogP contribution in [0, 0.1) is 4.77 Å². The summed E-state index contributed by atoms with van der Waals surface area (Å²) in [6.45, 7) is 2.52.